The molecule has 3 rings (SSSR count). The van der Waals surface area contributed by atoms with E-state index in [2.05, 4.69) is 4.90 Å². The van der Waals surface area contributed by atoms with Gasteiger partial charge >= 0.3 is 5.97 Å². The second kappa shape index (κ2) is 8.95. The van der Waals surface area contributed by atoms with Gasteiger partial charge in [0.05, 0.1) is 12.5 Å². The van der Waals surface area contributed by atoms with E-state index in [1.54, 1.807) is 7.11 Å². The molecular weight excluding hydrogens is 356 g/mol. The number of benzene rings is 1. The summed E-state index contributed by atoms with van der Waals surface area (Å²) in [5.74, 6) is 0.978. The maximum Gasteiger partial charge on any atom is 0.312 e. The molecule has 154 valence electrons. The highest BCUT2D eigenvalue weighted by Crippen LogP contribution is 2.43. The Kier molecular flexibility index (Phi) is 6.60. The summed E-state index contributed by atoms with van der Waals surface area (Å²) in [6.07, 6.45) is 4.47. The predicted molar refractivity (Wildman–Crippen MR) is 107 cm³/mol. The van der Waals surface area contributed by atoms with Crippen LogP contribution >= 0.6 is 0 Å². The van der Waals surface area contributed by atoms with Crippen LogP contribution in [0.1, 0.15) is 37.7 Å². The average molecular weight is 389 g/mol. The fourth-order valence-electron chi connectivity index (χ4n) is 4.33. The lowest BCUT2D eigenvalue weighted by molar-refractivity contribution is -0.152. The number of likely N-dealkylation sites (N-methyl/N-ethyl adjacent to an activating group) is 1. The zero-order valence-electron chi connectivity index (χ0n) is 17.3. The molecule has 0 aliphatic carbocycles. The van der Waals surface area contributed by atoms with Gasteiger partial charge in [-0.1, -0.05) is 12.1 Å². The van der Waals surface area contributed by atoms with Crippen LogP contribution in [0.15, 0.2) is 24.3 Å². The van der Waals surface area contributed by atoms with Gasteiger partial charge in [-0.25, -0.2) is 0 Å². The number of cyclic esters (lactones) is 1. The minimum absolute atomic E-state index is 0.0192. The van der Waals surface area contributed by atoms with E-state index in [9.17, 15) is 9.59 Å². The van der Waals surface area contributed by atoms with Crippen LogP contribution in [0.2, 0.25) is 0 Å². The number of aryl methyl sites for hydroxylation is 1. The van der Waals surface area contributed by atoms with Gasteiger partial charge in [-0.2, -0.15) is 0 Å². The molecule has 1 aromatic rings. The van der Waals surface area contributed by atoms with Gasteiger partial charge in [0.2, 0.25) is 5.91 Å². The van der Waals surface area contributed by atoms with Gasteiger partial charge < -0.3 is 19.3 Å². The standard InChI is InChI=1S/C22H32N2O4/c1-23(2)16-19-15-22(21(26)28-19)11-13-24(14-12-22)20(25)6-4-5-17-7-9-18(27-3)10-8-17/h7-10,19H,4-6,11-16H2,1-3H3. The second-order valence-electron chi connectivity index (χ2n) is 8.36. The molecule has 6 heteroatoms. The Bertz CT molecular complexity index is 678. The minimum Gasteiger partial charge on any atom is -0.497 e. The van der Waals surface area contributed by atoms with Crippen molar-refractivity contribution in [3.63, 3.8) is 0 Å². The molecular formula is C22H32N2O4. The van der Waals surface area contributed by atoms with Gasteiger partial charge in [0, 0.05) is 32.5 Å². The van der Waals surface area contributed by atoms with E-state index in [1.807, 2.05) is 43.3 Å². The van der Waals surface area contributed by atoms with Crippen molar-refractivity contribution in [2.75, 3.05) is 40.8 Å². The molecule has 2 saturated heterocycles. The topological polar surface area (TPSA) is 59.1 Å². The number of methoxy groups -OCH3 is 1. The lowest BCUT2D eigenvalue weighted by Gasteiger charge is -2.36. The van der Waals surface area contributed by atoms with Crippen LogP contribution in [-0.4, -0.2) is 68.6 Å². The van der Waals surface area contributed by atoms with Gasteiger partial charge in [-0.15, -0.1) is 0 Å². The highest BCUT2D eigenvalue weighted by atomic mass is 16.6. The summed E-state index contributed by atoms with van der Waals surface area (Å²) in [6.45, 7) is 2.08. The van der Waals surface area contributed by atoms with Crippen molar-refractivity contribution < 1.29 is 19.1 Å². The third kappa shape index (κ3) is 4.85. The van der Waals surface area contributed by atoms with Crippen LogP contribution in [0.5, 0.6) is 5.75 Å². The molecule has 1 unspecified atom stereocenters. The molecule has 0 N–H and O–H groups in total. The number of likely N-dealkylation sites (tertiary alicyclic amines) is 1. The van der Waals surface area contributed by atoms with E-state index in [4.69, 9.17) is 9.47 Å². The molecule has 1 aromatic carbocycles. The Morgan fingerprint density at radius 3 is 2.54 bits per heavy atom. The maximum absolute atomic E-state index is 12.6. The number of nitrogens with zero attached hydrogens (tertiary/aromatic N) is 2. The largest absolute Gasteiger partial charge is 0.497 e. The fourth-order valence-corrected chi connectivity index (χ4v) is 4.33. The summed E-state index contributed by atoms with van der Waals surface area (Å²) >= 11 is 0. The first-order chi connectivity index (χ1) is 13.4. The first kappa shape index (κ1) is 20.6. The molecule has 1 amide bonds. The van der Waals surface area contributed by atoms with Crippen molar-refractivity contribution in [2.45, 2.75) is 44.6 Å². The number of carbonyl (C=O) groups excluding carboxylic acids is 2. The molecule has 6 nitrogen and oxygen atoms in total. The van der Waals surface area contributed by atoms with Crippen molar-refractivity contribution in [1.29, 1.82) is 0 Å². The lowest BCUT2D eigenvalue weighted by atomic mass is 9.76. The molecule has 2 aliphatic heterocycles. The molecule has 0 radical (unpaired) electrons. The fraction of sp³-hybridized carbons (Fsp3) is 0.636. The number of ether oxygens (including phenoxy) is 2. The third-order valence-corrected chi connectivity index (χ3v) is 5.98. The Morgan fingerprint density at radius 1 is 1.25 bits per heavy atom. The Balaban J connectivity index is 1.43. The number of hydrogen-bond donors (Lipinski definition) is 0. The average Bonchev–Trinajstić information content (AvgIpc) is 2.96. The number of amides is 1. The van der Waals surface area contributed by atoms with Crippen LogP contribution in [0, 0.1) is 5.41 Å². The molecule has 0 aromatic heterocycles. The predicted octanol–water partition coefficient (Wildman–Crippen LogP) is 2.50. The highest BCUT2D eigenvalue weighted by Gasteiger charge is 2.50. The van der Waals surface area contributed by atoms with Gasteiger partial charge in [0.1, 0.15) is 11.9 Å². The van der Waals surface area contributed by atoms with E-state index in [0.717, 1.165) is 44.4 Å². The number of esters is 1. The van der Waals surface area contributed by atoms with Gasteiger partial charge in [-0.3, -0.25) is 9.59 Å². The van der Waals surface area contributed by atoms with Gasteiger partial charge in [0.25, 0.3) is 0 Å². The second-order valence-corrected chi connectivity index (χ2v) is 8.36. The number of carbonyl (C=O) groups is 2. The van der Waals surface area contributed by atoms with Crippen molar-refractivity contribution in [1.82, 2.24) is 9.80 Å². The normalized spacial score (nSPS) is 21.2. The Labute approximate surface area is 167 Å². The molecule has 28 heavy (non-hydrogen) atoms. The molecule has 2 heterocycles. The third-order valence-electron chi connectivity index (χ3n) is 5.98. The zero-order chi connectivity index (χ0) is 20.1. The molecule has 0 saturated carbocycles. The van der Waals surface area contributed by atoms with Crippen molar-refractivity contribution in [3.8, 4) is 5.75 Å². The summed E-state index contributed by atoms with van der Waals surface area (Å²) in [5.41, 5.74) is 0.840. The molecule has 1 spiro atoms. The Morgan fingerprint density at radius 2 is 1.93 bits per heavy atom. The number of rotatable bonds is 7. The lowest BCUT2D eigenvalue weighted by Crippen LogP contribution is -2.45. The van der Waals surface area contributed by atoms with E-state index < -0.39 is 0 Å². The minimum atomic E-state index is -0.374. The van der Waals surface area contributed by atoms with Crippen molar-refractivity contribution in [2.24, 2.45) is 5.41 Å². The highest BCUT2D eigenvalue weighted by molar-refractivity contribution is 5.80. The van der Waals surface area contributed by atoms with Gasteiger partial charge in [0.15, 0.2) is 0 Å². The Hall–Kier alpha value is -2.08. The van der Waals surface area contributed by atoms with Crippen LogP contribution in [0.4, 0.5) is 0 Å². The first-order valence-electron chi connectivity index (χ1n) is 10.2. The van der Waals surface area contributed by atoms with E-state index in [-0.39, 0.29) is 23.4 Å². The van der Waals surface area contributed by atoms with E-state index in [1.165, 1.54) is 5.56 Å². The SMILES string of the molecule is COc1ccc(CCCC(=O)N2CCC3(CC2)CC(CN(C)C)OC3=O)cc1. The van der Waals surface area contributed by atoms with E-state index in [0.29, 0.717) is 19.5 Å². The smallest absolute Gasteiger partial charge is 0.312 e. The van der Waals surface area contributed by atoms with E-state index >= 15 is 0 Å². The quantitative estimate of drug-likeness (QED) is 0.672. The monoisotopic (exact) mass is 388 g/mol. The number of hydrogen-bond acceptors (Lipinski definition) is 5. The first-order valence-corrected chi connectivity index (χ1v) is 10.2. The van der Waals surface area contributed by atoms with Crippen LogP contribution < -0.4 is 4.74 Å². The maximum atomic E-state index is 12.6. The van der Waals surface area contributed by atoms with Gasteiger partial charge in [-0.05, 0) is 57.5 Å². The molecule has 1 atom stereocenters. The zero-order valence-corrected chi connectivity index (χ0v) is 17.3. The summed E-state index contributed by atoms with van der Waals surface area (Å²) < 4.78 is 10.8. The van der Waals surface area contributed by atoms with Crippen molar-refractivity contribution in [3.05, 3.63) is 29.8 Å². The van der Waals surface area contributed by atoms with Crippen LogP contribution in [-0.2, 0) is 20.7 Å². The molecule has 0 bridgehead atoms. The molecule has 2 aliphatic rings. The summed E-state index contributed by atoms with van der Waals surface area (Å²) in [6, 6.07) is 7.99. The van der Waals surface area contributed by atoms with Crippen LogP contribution in [0.25, 0.3) is 0 Å². The summed E-state index contributed by atoms with van der Waals surface area (Å²) in [7, 11) is 5.64. The summed E-state index contributed by atoms with van der Waals surface area (Å²) in [4.78, 5) is 29.0. The molecule has 2 fully saturated rings. The van der Waals surface area contributed by atoms with Crippen molar-refractivity contribution >= 4 is 11.9 Å². The summed E-state index contributed by atoms with van der Waals surface area (Å²) in [5, 5.41) is 0. The van der Waals surface area contributed by atoms with Crippen LogP contribution in [0.3, 0.4) is 0 Å². The number of piperidine rings is 1.